The maximum absolute atomic E-state index is 13.8. The van der Waals surface area contributed by atoms with Crippen LogP contribution in [0.15, 0.2) is 41.0 Å². The predicted octanol–water partition coefficient (Wildman–Crippen LogP) is 4.15. The topological polar surface area (TPSA) is 85.4 Å². The maximum atomic E-state index is 13.8. The van der Waals surface area contributed by atoms with E-state index in [0.717, 1.165) is 48.4 Å². The van der Waals surface area contributed by atoms with Gasteiger partial charge in [0.1, 0.15) is 11.4 Å². The molecule has 26 heavy (non-hydrogen) atoms. The number of carbonyl (C=O) groups excluding carboxylic acids is 1. The van der Waals surface area contributed by atoms with Crippen molar-refractivity contribution in [3.63, 3.8) is 0 Å². The molecule has 0 aliphatic heterocycles. The second-order valence-electron chi connectivity index (χ2n) is 6.38. The standard InChI is InChI=1S/C19H15FN2O4/c20-16-5-4-14(22(24)25)9-17(16)21-19(23)8-13-10-26-18-7-12-3-1-2-11(12)6-15(13)18/h4-7,9-10H,1-3,8H2,(H,21,23). The lowest BCUT2D eigenvalue weighted by atomic mass is 10.0. The van der Waals surface area contributed by atoms with E-state index in [2.05, 4.69) is 11.4 Å². The second kappa shape index (κ2) is 6.25. The summed E-state index contributed by atoms with van der Waals surface area (Å²) in [6.07, 6.45) is 4.69. The van der Waals surface area contributed by atoms with Gasteiger partial charge >= 0.3 is 0 Å². The Morgan fingerprint density at radius 3 is 2.77 bits per heavy atom. The van der Waals surface area contributed by atoms with Crippen LogP contribution in [-0.4, -0.2) is 10.8 Å². The molecule has 6 nitrogen and oxygen atoms in total. The van der Waals surface area contributed by atoms with Crippen molar-refractivity contribution in [1.82, 2.24) is 0 Å². The number of nitrogens with zero attached hydrogens (tertiary/aromatic N) is 1. The smallest absolute Gasteiger partial charge is 0.271 e. The van der Waals surface area contributed by atoms with Crippen LogP contribution in [0.25, 0.3) is 11.0 Å². The molecule has 0 bridgehead atoms. The van der Waals surface area contributed by atoms with Gasteiger partial charge in [0.25, 0.3) is 5.69 Å². The Bertz CT molecular complexity index is 1040. The third kappa shape index (κ3) is 2.92. The molecule has 0 fully saturated rings. The summed E-state index contributed by atoms with van der Waals surface area (Å²) >= 11 is 0. The molecule has 1 aliphatic carbocycles. The summed E-state index contributed by atoms with van der Waals surface area (Å²) in [6, 6.07) is 7.09. The summed E-state index contributed by atoms with van der Waals surface area (Å²) in [6.45, 7) is 0. The number of fused-ring (bicyclic) bond motifs is 2. The Morgan fingerprint density at radius 1 is 1.23 bits per heavy atom. The van der Waals surface area contributed by atoms with Crippen LogP contribution >= 0.6 is 0 Å². The number of hydrogen-bond donors (Lipinski definition) is 1. The molecular weight excluding hydrogens is 339 g/mol. The number of rotatable bonds is 4. The van der Waals surface area contributed by atoms with Crippen LogP contribution < -0.4 is 5.32 Å². The van der Waals surface area contributed by atoms with E-state index in [1.807, 2.05) is 6.07 Å². The highest BCUT2D eigenvalue weighted by molar-refractivity contribution is 5.96. The van der Waals surface area contributed by atoms with E-state index in [0.29, 0.717) is 5.56 Å². The highest BCUT2D eigenvalue weighted by Gasteiger charge is 2.18. The summed E-state index contributed by atoms with van der Waals surface area (Å²) in [4.78, 5) is 22.5. The molecule has 0 unspecified atom stereocenters. The van der Waals surface area contributed by atoms with Crippen molar-refractivity contribution >= 4 is 28.3 Å². The molecule has 1 aliphatic rings. The summed E-state index contributed by atoms with van der Waals surface area (Å²) in [5.41, 5.74) is 3.49. The first kappa shape index (κ1) is 16.3. The van der Waals surface area contributed by atoms with Crippen LogP contribution in [0.2, 0.25) is 0 Å². The molecule has 4 rings (SSSR count). The zero-order chi connectivity index (χ0) is 18.3. The molecule has 1 aromatic heterocycles. The molecule has 0 spiro atoms. The van der Waals surface area contributed by atoms with Gasteiger partial charge in [0.05, 0.1) is 23.3 Å². The highest BCUT2D eigenvalue weighted by Crippen LogP contribution is 2.31. The van der Waals surface area contributed by atoms with E-state index in [-0.39, 0.29) is 17.8 Å². The lowest BCUT2D eigenvalue weighted by Gasteiger charge is -2.06. The molecule has 2 aromatic carbocycles. The van der Waals surface area contributed by atoms with Crippen molar-refractivity contribution < 1.29 is 18.5 Å². The number of benzene rings is 2. The summed E-state index contributed by atoms with van der Waals surface area (Å²) in [7, 11) is 0. The average Bonchev–Trinajstić information content (AvgIpc) is 3.21. The predicted molar refractivity (Wildman–Crippen MR) is 93.6 cm³/mol. The fourth-order valence-corrected chi connectivity index (χ4v) is 3.37. The summed E-state index contributed by atoms with van der Waals surface area (Å²) < 4.78 is 19.4. The summed E-state index contributed by atoms with van der Waals surface area (Å²) in [5, 5.41) is 14.1. The van der Waals surface area contributed by atoms with Crippen LogP contribution in [0.4, 0.5) is 15.8 Å². The number of carbonyl (C=O) groups is 1. The number of anilines is 1. The van der Waals surface area contributed by atoms with Crippen LogP contribution in [0.3, 0.4) is 0 Å². The van der Waals surface area contributed by atoms with Gasteiger partial charge in [-0.3, -0.25) is 14.9 Å². The van der Waals surface area contributed by atoms with Gasteiger partial charge in [-0.25, -0.2) is 4.39 Å². The average molecular weight is 354 g/mol. The molecule has 1 amide bonds. The SMILES string of the molecule is O=C(Cc1coc2cc3c(cc12)CCC3)Nc1cc([N+](=O)[O-])ccc1F. The molecular formula is C19H15FN2O4. The lowest BCUT2D eigenvalue weighted by molar-refractivity contribution is -0.384. The largest absolute Gasteiger partial charge is 0.464 e. The van der Waals surface area contributed by atoms with Gasteiger partial charge in [-0.2, -0.15) is 0 Å². The minimum atomic E-state index is -0.723. The van der Waals surface area contributed by atoms with E-state index < -0.39 is 16.6 Å². The van der Waals surface area contributed by atoms with Crippen molar-refractivity contribution in [2.24, 2.45) is 0 Å². The van der Waals surface area contributed by atoms with E-state index in [9.17, 15) is 19.3 Å². The summed E-state index contributed by atoms with van der Waals surface area (Å²) in [5.74, 6) is -1.19. The quantitative estimate of drug-likeness (QED) is 0.563. The van der Waals surface area contributed by atoms with Gasteiger partial charge in [0, 0.05) is 23.1 Å². The highest BCUT2D eigenvalue weighted by atomic mass is 19.1. The number of hydrogen-bond acceptors (Lipinski definition) is 4. The number of nitro benzene ring substituents is 1. The first-order valence-electron chi connectivity index (χ1n) is 8.27. The Balaban J connectivity index is 1.56. The van der Waals surface area contributed by atoms with Crippen LogP contribution in [0.5, 0.6) is 0 Å². The number of furan rings is 1. The Kier molecular flexibility index (Phi) is 3.91. The molecule has 0 saturated carbocycles. The zero-order valence-corrected chi connectivity index (χ0v) is 13.8. The number of aryl methyl sites for hydroxylation is 2. The van der Waals surface area contributed by atoms with Gasteiger partial charge in [0.15, 0.2) is 0 Å². The van der Waals surface area contributed by atoms with Crippen molar-refractivity contribution in [3.8, 4) is 0 Å². The maximum Gasteiger partial charge on any atom is 0.271 e. The fourth-order valence-electron chi connectivity index (χ4n) is 3.37. The fraction of sp³-hybridized carbons (Fsp3) is 0.211. The molecule has 0 atom stereocenters. The van der Waals surface area contributed by atoms with Gasteiger partial charge in [-0.05, 0) is 48.6 Å². The van der Waals surface area contributed by atoms with Crippen LogP contribution in [0.1, 0.15) is 23.1 Å². The minimum Gasteiger partial charge on any atom is -0.464 e. The Morgan fingerprint density at radius 2 is 2.00 bits per heavy atom. The molecule has 0 saturated heterocycles. The Labute approximate surface area is 147 Å². The van der Waals surface area contributed by atoms with Crippen molar-refractivity contribution in [3.05, 3.63) is 69.2 Å². The van der Waals surface area contributed by atoms with Gasteiger partial charge in [0.2, 0.25) is 5.91 Å². The number of halogens is 1. The monoisotopic (exact) mass is 354 g/mol. The lowest BCUT2D eigenvalue weighted by Crippen LogP contribution is -2.15. The number of nitro groups is 1. The van der Waals surface area contributed by atoms with Gasteiger partial charge < -0.3 is 9.73 Å². The number of amides is 1. The molecule has 1 heterocycles. The molecule has 0 radical (unpaired) electrons. The first-order chi connectivity index (χ1) is 12.5. The van der Waals surface area contributed by atoms with E-state index in [4.69, 9.17) is 4.42 Å². The van der Waals surface area contributed by atoms with Crippen molar-refractivity contribution in [2.45, 2.75) is 25.7 Å². The molecule has 3 aromatic rings. The number of nitrogens with one attached hydrogen (secondary N) is 1. The van der Waals surface area contributed by atoms with Gasteiger partial charge in [-0.15, -0.1) is 0 Å². The normalized spacial score (nSPS) is 13.0. The molecule has 7 heteroatoms. The number of non-ortho nitro benzene ring substituents is 1. The minimum absolute atomic E-state index is 0.00603. The zero-order valence-electron chi connectivity index (χ0n) is 13.8. The third-order valence-electron chi connectivity index (χ3n) is 4.65. The van der Waals surface area contributed by atoms with Gasteiger partial charge in [-0.1, -0.05) is 0 Å². The van der Waals surface area contributed by atoms with E-state index >= 15 is 0 Å². The van der Waals surface area contributed by atoms with Crippen LogP contribution in [-0.2, 0) is 24.1 Å². The first-order valence-corrected chi connectivity index (χ1v) is 8.27. The van der Waals surface area contributed by atoms with E-state index in [1.165, 1.54) is 17.4 Å². The van der Waals surface area contributed by atoms with Crippen molar-refractivity contribution in [1.29, 1.82) is 0 Å². The molecule has 1 N–H and O–H groups in total. The molecule has 132 valence electrons. The van der Waals surface area contributed by atoms with Crippen molar-refractivity contribution in [2.75, 3.05) is 5.32 Å². The third-order valence-corrected chi connectivity index (χ3v) is 4.65. The second-order valence-corrected chi connectivity index (χ2v) is 6.38. The van der Waals surface area contributed by atoms with E-state index in [1.54, 1.807) is 0 Å². The van der Waals surface area contributed by atoms with Crippen LogP contribution in [0, 0.1) is 15.9 Å². The Hall–Kier alpha value is -3.22.